The molecule has 0 bridgehead atoms. The van der Waals surface area contributed by atoms with Crippen molar-refractivity contribution in [3.63, 3.8) is 0 Å². The maximum absolute atomic E-state index is 12.3. The zero-order valence-corrected chi connectivity index (χ0v) is 14.8. The van der Waals surface area contributed by atoms with Gasteiger partial charge in [0.15, 0.2) is 6.10 Å². The van der Waals surface area contributed by atoms with Gasteiger partial charge in [-0.3, -0.25) is 4.79 Å². The van der Waals surface area contributed by atoms with Crippen LogP contribution in [0.4, 0.5) is 0 Å². The number of esters is 1. The Balaban J connectivity index is 1.61. The van der Waals surface area contributed by atoms with E-state index in [0.29, 0.717) is 22.7 Å². The summed E-state index contributed by atoms with van der Waals surface area (Å²) >= 11 is 5.81. The zero-order valence-electron chi connectivity index (χ0n) is 14.0. The second-order valence-electron chi connectivity index (χ2n) is 5.71. The molecule has 6 nitrogen and oxygen atoms in total. The highest BCUT2D eigenvalue weighted by molar-refractivity contribution is 6.30. The number of benzene rings is 2. The largest absolute Gasteiger partial charge is 0.451 e. The molecule has 3 aromatic rings. The minimum Gasteiger partial charge on any atom is -0.451 e. The van der Waals surface area contributed by atoms with E-state index in [2.05, 4.69) is 10.1 Å². The molecular weight excluding hydrogens is 354 g/mol. The van der Waals surface area contributed by atoms with Crippen molar-refractivity contribution >= 4 is 23.4 Å². The number of carbonyl (C=O) groups is 2. The summed E-state index contributed by atoms with van der Waals surface area (Å²) in [5.74, 6) is -0.829. The second-order valence-corrected chi connectivity index (χ2v) is 6.15. The van der Waals surface area contributed by atoms with Gasteiger partial charge in [0.05, 0.1) is 12.1 Å². The number of aromatic nitrogens is 3. The molecule has 3 rings (SSSR count). The summed E-state index contributed by atoms with van der Waals surface area (Å²) in [6, 6.07) is 13.4. The minimum absolute atomic E-state index is 0.280. The molecule has 0 fully saturated rings. The number of Topliss-reactive ketones (excluding diaryl/α,β-unsaturated/α-hetero) is 1. The summed E-state index contributed by atoms with van der Waals surface area (Å²) in [4.78, 5) is 28.5. The van der Waals surface area contributed by atoms with Crippen molar-refractivity contribution in [3.8, 4) is 0 Å². The molecule has 0 aliphatic heterocycles. The van der Waals surface area contributed by atoms with Crippen LogP contribution in [-0.2, 0) is 11.3 Å². The Kier molecular flexibility index (Phi) is 5.43. The highest BCUT2D eigenvalue weighted by atomic mass is 35.5. The van der Waals surface area contributed by atoms with Gasteiger partial charge in [-0.1, -0.05) is 23.7 Å². The maximum Gasteiger partial charge on any atom is 0.338 e. The molecule has 0 spiro atoms. The van der Waals surface area contributed by atoms with Crippen LogP contribution >= 0.6 is 11.6 Å². The number of ether oxygens (including phenoxy) is 1. The number of nitrogens with zero attached hydrogens (tertiary/aromatic N) is 3. The first-order chi connectivity index (χ1) is 12.5. The van der Waals surface area contributed by atoms with Crippen molar-refractivity contribution in [1.82, 2.24) is 14.8 Å². The predicted octanol–water partition coefficient (Wildman–Crippen LogP) is 3.41. The molecule has 0 aliphatic carbocycles. The van der Waals surface area contributed by atoms with E-state index >= 15 is 0 Å². The summed E-state index contributed by atoms with van der Waals surface area (Å²) < 4.78 is 6.96. The number of ketones is 1. The average molecular weight is 370 g/mol. The summed E-state index contributed by atoms with van der Waals surface area (Å²) in [5, 5.41) is 4.57. The highest BCUT2D eigenvalue weighted by Gasteiger charge is 2.20. The van der Waals surface area contributed by atoms with Crippen molar-refractivity contribution in [2.75, 3.05) is 0 Å². The summed E-state index contributed by atoms with van der Waals surface area (Å²) in [7, 11) is 0. The third-order valence-corrected chi connectivity index (χ3v) is 4.03. The van der Waals surface area contributed by atoms with Crippen LogP contribution in [0.1, 0.15) is 33.2 Å². The Labute approximate surface area is 155 Å². The second kappa shape index (κ2) is 7.93. The van der Waals surface area contributed by atoms with Crippen molar-refractivity contribution in [3.05, 3.63) is 82.9 Å². The Morgan fingerprint density at radius 3 is 2.35 bits per heavy atom. The van der Waals surface area contributed by atoms with E-state index in [9.17, 15) is 9.59 Å². The molecule has 1 atom stereocenters. The van der Waals surface area contributed by atoms with E-state index in [1.165, 1.54) is 6.33 Å². The SMILES string of the molecule is CC(OC(=O)c1ccc(Cn2cncn2)cc1)C(=O)c1ccc(Cl)cc1. The van der Waals surface area contributed by atoms with Crippen LogP contribution in [0.15, 0.2) is 61.2 Å². The van der Waals surface area contributed by atoms with Gasteiger partial charge in [0.25, 0.3) is 0 Å². The fourth-order valence-corrected chi connectivity index (χ4v) is 2.50. The molecule has 0 radical (unpaired) electrons. The van der Waals surface area contributed by atoms with Gasteiger partial charge < -0.3 is 4.74 Å². The van der Waals surface area contributed by atoms with Gasteiger partial charge >= 0.3 is 5.97 Å². The van der Waals surface area contributed by atoms with Crippen LogP contribution in [0.2, 0.25) is 5.02 Å². The third-order valence-electron chi connectivity index (χ3n) is 3.78. The van der Waals surface area contributed by atoms with Crippen LogP contribution in [-0.4, -0.2) is 32.6 Å². The number of hydrogen-bond donors (Lipinski definition) is 0. The van der Waals surface area contributed by atoms with Crippen molar-refractivity contribution in [2.45, 2.75) is 19.6 Å². The van der Waals surface area contributed by atoms with E-state index in [0.717, 1.165) is 5.56 Å². The lowest BCUT2D eigenvalue weighted by atomic mass is 10.1. The Morgan fingerprint density at radius 1 is 1.08 bits per heavy atom. The molecule has 0 amide bonds. The van der Waals surface area contributed by atoms with Crippen LogP contribution < -0.4 is 0 Å². The molecular formula is C19H16ClN3O3. The topological polar surface area (TPSA) is 74.1 Å². The predicted molar refractivity (Wildman–Crippen MR) is 96.2 cm³/mol. The number of hydrogen-bond acceptors (Lipinski definition) is 5. The average Bonchev–Trinajstić information content (AvgIpc) is 3.15. The van der Waals surface area contributed by atoms with Gasteiger partial charge in [0.1, 0.15) is 12.7 Å². The molecule has 0 saturated heterocycles. The molecule has 0 saturated carbocycles. The molecule has 26 heavy (non-hydrogen) atoms. The van der Waals surface area contributed by atoms with Crippen LogP contribution in [0.25, 0.3) is 0 Å². The lowest BCUT2D eigenvalue weighted by Crippen LogP contribution is -2.24. The monoisotopic (exact) mass is 369 g/mol. The quantitative estimate of drug-likeness (QED) is 0.491. The third kappa shape index (κ3) is 4.34. The van der Waals surface area contributed by atoms with Gasteiger partial charge in [0.2, 0.25) is 5.78 Å². The van der Waals surface area contributed by atoms with E-state index < -0.39 is 12.1 Å². The van der Waals surface area contributed by atoms with Crippen molar-refractivity contribution < 1.29 is 14.3 Å². The van der Waals surface area contributed by atoms with Crippen LogP contribution in [0.3, 0.4) is 0 Å². The summed E-state index contributed by atoms with van der Waals surface area (Å²) in [5.41, 5.74) is 1.79. The van der Waals surface area contributed by atoms with Crippen molar-refractivity contribution in [2.24, 2.45) is 0 Å². The van der Waals surface area contributed by atoms with Crippen LogP contribution in [0, 0.1) is 0 Å². The standard InChI is InChI=1S/C19H16ClN3O3/c1-13(18(24)15-6-8-17(20)9-7-15)26-19(25)16-4-2-14(3-5-16)10-23-12-21-11-22-23/h2-9,11-13H,10H2,1H3. The lowest BCUT2D eigenvalue weighted by Gasteiger charge is -2.12. The van der Waals surface area contributed by atoms with Gasteiger partial charge in [-0.2, -0.15) is 5.10 Å². The highest BCUT2D eigenvalue weighted by Crippen LogP contribution is 2.14. The van der Waals surface area contributed by atoms with E-state index in [1.807, 2.05) is 12.1 Å². The summed E-state index contributed by atoms with van der Waals surface area (Å²) in [6.07, 6.45) is 2.19. The maximum atomic E-state index is 12.3. The van der Waals surface area contributed by atoms with Gasteiger partial charge in [0, 0.05) is 10.6 Å². The smallest absolute Gasteiger partial charge is 0.338 e. The lowest BCUT2D eigenvalue weighted by molar-refractivity contribution is 0.0319. The molecule has 7 heteroatoms. The van der Waals surface area contributed by atoms with Gasteiger partial charge in [-0.15, -0.1) is 0 Å². The van der Waals surface area contributed by atoms with Gasteiger partial charge in [-0.25, -0.2) is 14.5 Å². The first kappa shape index (κ1) is 17.8. The zero-order chi connectivity index (χ0) is 18.5. The fourth-order valence-electron chi connectivity index (χ4n) is 2.38. The minimum atomic E-state index is -0.890. The molecule has 132 valence electrons. The molecule has 1 aromatic heterocycles. The Hall–Kier alpha value is -2.99. The first-order valence-corrected chi connectivity index (χ1v) is 8.33. The fraction of sp³-hybridized carbons (Fsp3) is 0.158. The number of carbonyl (C=O) groups excluding carboxylic acids is 2. The number of halogens is 1. The van der Waals surface area contributed by atoms with Gasteiger partial charge in [-0.05, 0) is 48.9 Å². The molecule has 0 aliphatic rings. The molecule has 2 aromatic carbocycles. The van der Waals surface area contributed by atoms with Crippen molar-refractivity contribution in [1.29, 1.82) is 0 Å². The molecule has 1 heterocycles. The van der Waals surface area contributed by atoms with E-state index in [4.69, 9.17) is 16.3 Å². The molecule has 0 N–H and O–H groups in total. The first-order valence-electron chi connectivity index (χ1n) is 7.95. The van der Waals surface area contributed by atoms with E-state index in [-0.39, 0.29) is 5.78 Å². The van der Waals surface area contributed by atoms with E-state index in [1.54, 1.807) is 54.3 Å². The number of rotatable bonds is 6. The molecule has 1 unspecified atom stereocenters. The Bertz CT molecular complexity index is 891. The van der Waals surface area contributed by atoms with Crippen LogP contribution in [0.5, 0.6) is 0 Å². The Morgan fingerprint density at radius 2 is 1.73 bits per heavy atom. The normalized spacial score (nSPS) is 11.8. The summed E-state index contributed by atoms with van der Waals surface area (Å²) in [6.45, 7) is 2.11.